The van der Waals surface area contributed by atoms with Crippen molar-refractivity contribution >= 4 is 35.1 Å². The average molecular weight is 330 g/mol. The van der Waals surface area contributed by atoms with E-state index in [0.717, 1.165) is 11.5 Å². The molecule has 114 valence electrons. The van der Waals surface area contributed by atoms with Crippen molar-refractivity contribution in [3.05, 3.63) is 71.8 Å². The van der Waals surface area contributed by atoms with Gasteiger partial charge in [0.1, 0.15) is 0 Å². The van der Waals surface area contributed by atoms with Crippen LogP contribution < -0.4 is 0 Å². The molecule has 0 N–H and O–H groups in total. The smallest absolute Gasteiger partial charge is 0.209 e. The molecule has 4 heteroatoms. The number of hydrogen-bond donors (Lipinski definition) is 0. The van der Waals surface area contributed by atoms with Crippen LogP contribution in [0.2, 0.25) is 0 Å². The summed E-state index contributed by atoms with van der Waals surface area (Å²) in [6.45, 7) is 0. The molecule has 0 unspecified atom stereocenters. The summed E-state index contributed by atoms with van der Waals surface area (Å²) >= 11 is 2.99. The van der Waals surface area contributed by atoms with Crippen LogP contribution in [0.15, 0.2) is 60.7 Å². The molecule has 0 amide bonds. The first-order valence-corrected chi connectivity index (χ1v) is 9.36. The first-order chi connectivity index (χ1) is 10.8. The van der Waals surface area contributed by atoms with Crippen LogP contribution in [0.4, 0.5) is 0 Å². The van der Waals surface area contributed by atoms with Crippen LogP contribution in [0.1, 0.15) is 11.1 Å². The molecule has 0 bridgehead atoms. The summed E-state index contributed by atoms with van der Waals surface area (Å²) in [5, 5.41) is 0. The lowest BCUT2D eigenvalue weighted by Crippen LogP contribution is -2.18. The van der Waals surface area contributed by atoms with Gasteiger partial charge in [-0.2, -0.15) is 0 Å². The lowest BCUT2D eigenvalue weighted by Gasteiger charge is -2.02. The number of hydrogen-bond acceptors (Lipinski definition) is 4. The molecule has 2 aromatic rings. The summed E-state index contributed by atoms with van der Waals surface area (Å²) in [6.07, 6.45) is 0. The van der Waals surface area contributed by atoms with Gasteiger partial charge in [-0.15, -0.1) is 23.5 Å². The SMILES string of the molecule is O=C(CSCc1ccccc1)C(=O)CSCc1ccccc1. The van der Waals surface area contributed by atoms with Crippen molar-refractivity contribution in [1.82, 2.24) is 0 Å². The Morgan fingerprint density at radius 2 is 1.00 bits per heavy atom. The maximum Gasteiger partial charge on any atom is 0.209 e. The number of ketones is 2. The molecule has 0 aromatic heterocycles. The fourth-order valence-electron chi connectivity index (χ4n) is 1.83. The van der Waals surface area contributed by atoms with Crippen LogP contribution in [0.5, 0.6) is 0 Å². The fourth-order valence-corrected chi connectivity index (χ4v) is 3.59. The Labute approximate surface area is 139 Å². The largest absolute Gasteiger partial charge is 0.290 e. The number of benzene rings is 2. The molecule has 0 aliphatic heterocycles. The third-order valence-corrected chi connectivity index (χ3v) is 5.01. The minimum Gasteiger partial charge on any atom is -0.290 e. The van der Waals surface area contributed by atoms with Gasteiger partial charge in [0, 0.05) is 11.5 Å². The van der Waals surface area contributed by atoms with Gasteiger partial charge in [-0.05, 0) is 11.1 Å². The third kappa shape index (κ3) is 6.08. The second-order valence-electron chi connectivity index (χ2n) is 4.80. The molecule has 2 aromatic carbocycles. The van der Waals surface area contributed by atoms with Gasteiger partial charge in [0.2, 0.25) is 11.6 Å². The number of Topliss-reactive ketones (excluding diaryl/α,β-unsaturated/α-hetero) is 2. The Balaban J connectivity index is 1.63. The van der Waals surface area contributed by atoms with E-state index in [1.807, 2.05) is 60.7 Å². The van der Waals surface area contributed by atoms with E-state index in [4.69, 9.17) is 0 Å². The zero-order chi connectivity index (χ0) is 15.6. The van der Waals surface area contributed by atoms with E-state index in [2.05, 4.69) is 0 Å². The van der Waals surface area contributed by atoms with E-state index >= 15 is 0 Å². The van der Waals surface area contributed by atoms with Crippen LogP contribution in [0, 0.1) is 0 Å². The number of thioether (sulfide) groups is 2. The number of rotatable bonds is 9. The van der Waals surface area contributed by atoms with E-state index in [-0.39, 0.29) is 23.1 Å². The van der Waals surface area contributed by atoms with E-state index in [1.54, 1.807) is 0 Å². The van der Waals surface area contributed by atoms with Crippen LogP contribution >= 0.6 is 23.5 Å². The van der Waals surface area contributed by atoms with Crippen LogP contribution in [-0.2, 0) is 21.1 Å². The van der Waals surface area contributed by atoms with Crippen molar-refractivity contribution in [3.63, 3.8) is 0 Å². The Bertz CT molecular complexity index is 541. The van der Waals surface area contributed by atoms with Crippen LogP contribution in [0.3, 0.4) is 0 Å². The summed E-state index contributed by atoms with van der Waals surface area (Å²) in [5.41, 5.74) is 2.34. The van der Waals surface area contributed by atoms with Crippen molar-refractivity contribution in [3.8, 4) is 0 Å². The van der Waals surface area contributed by atoms with Gasteiger partial charge in [-0.25, -0.2) is 0 Å². The lowest BCUT2D eigenvalue weighted by molar-refractivity contribution is -0.133. The summed E-state index contributed by atoms with van der Waals surface area (Å²) in [4.78, 5) is 23.6. The first-order valence-electron chi connectivity index (χ1n) is 7.05. The molecule has 0 aliphatic carbocycles. The predicted octanol–water partition coefficient (Wildman–Crippen LogP) is 3.99. The normalized spacial score (nSPS) is 10.4. The zero-order valence-electron chi connectivity index (χ0n) is 12.2. The zero-order valence-corrected chi connectivity index (χ0v) is 13.9. The summed E-state index contributed by atoms with van der Waals surface area (Å²) in [7, 11) is 0. The van der Waals surface area contributed by atoms with Gasteiger partial charge in [-0.1, -0.05) is 60.7 Å². The van der Waals surface area contributed by atoms with Crippen molar-refractivity contribution in [1.29, 1.82) is 0 Å². The lowest BCUT2D eigenvalue weighted by atomic mass is 10.2. The van der Waals surface area contributed by atoms with Gasteiger partial charge < -0.3 is 0 Å². The quantitative estimate of drug-likeness (QED) is 0.651. The molecule has 2 rings (SSSR count). The fraction of sp³-hybridized carbons (Fsp3) is 0.222. The van der Waals surface area contributed by atoms with Crippen LogP contribution in [-0.4, -0.2) is 23.1 Å². The molecule has 22 heavy (non-hydrogen) atoms. The van der Waals surface area contributed by atoms with Gasteiger partial charge in [0.25, 0.3) is 0 Å². The number of carbonyl (C=O) groups excluding carboxylic acids is 2. The highest BCUT2D eigenvalue weighted by atomic mass is 32.2. The Hall–Kier alpha value is -1.52. The average Bonchev–Trinajstić information content (AvgIpc) is 2.56. The standard InChI is InChI=1S/C18H18O2S2/c19-17(13-21-11-15-7-3-1-4-8-15)18(20)14-22-12-16-9-5-2-6-10-16/h1-10H,11-14H2. The van der Waals surface area contributed by atoms with Crippen molar-refractivity contribution in [2.24, 2.45) is 0 Å². The second-order valence-corrected chi connectivity index (χ2v) is 6.77. The highest BCUT2D eigenvalue weighted by Crippen LogP contribution is 2.14. The molecule has 0 heterocycles. The van der Waals surface area contributed by atoms with Gasteiger partial charge in [-0.3, -0.25) is 9.59 Å². The monoisotopic (exact) mass is 330 g/mol. The maximum atomic E-state index is 11.8. The Kier molecular flexibility index (Phi) is 7.26. The maximum absolute atomic E-state index is 11.8. The summed E-state index contributed by atoms with van der Waals surface area (Å²) in [6, 6.07) is 19.9. The molecule has 0 saturated carbocycles. The van der Waals surface area contributed by atoms with E-state index in [9.17, 15) is 9.59 Å². The van der Waals surface area contributed by atoms with E-state index in [1.165, 1.54) is 34.7 Å². The molecule has 2 nitrogen and oxygen atoms in total. The molecule has 0 atom stereocenters. The molecule has 0 fully saturated rings. The minimum absolute atomic E-state index is 0.264. The molecule has 0 aliphatic rings. The predicted molar refractivity (Wildman–Crippen MR) is 95.2 cm³/mol. The van der Waals surface area contributed by atoms with Gasteiger partial charge in [0.05, 0.1) is 11.5 Å². The third-order valence-electron chi connectivity index (χ3n) is 3.00. The summed E-state index contributed by atoms with van der Waals surface area (Å²) in [5.74, 6) is 1.50. The Morgan fingerprint density at radius 1 is 0.636 bits per heavy atom. The molecular weight excluding hydrogens is 312 g/mol. The number of carbonyl (C=O) groups is 2. The molecule has 0 radical (unpaired) electrons. The second kappa shape index (κ2) is 9.49. The summed E-state index contributed by atoms with van der Waals surface area (Å²) < 4.78 is 0. The molecule has 0 spiro atoms. The van der Waals surface area contributed by atoms with Crippen molar-refractivity contribution in [2.45, 2.75) is 11.5 Å². The van der Waals surface area contributed by atoms with Gasteiger partial charge >= 0.3 is 0 Å². The van der Waals surface area contributed by atoms with Crippen LogP contribution in [0.25, 0.3) is 0 Å². The highest BCUT2D eigenvalue weighted by Gasteiger charge is 2.13. The highest BCUT2D eigenvalue weighted by molar-refractivity contribution is 8.00. The molecule has 0 saturated heterocycles. The van der Waals surface area contributed by atoms with Gasteiger partial charge in [0.15, 0.2) is 0 Å². The minimum atomic E-state index is -0.276. The van der Waals surface area contributed by atoms with E-state index in [0.29, 0.717) is 0 Å². The molecular formula is C18H18O2S2. The van der Waals surface area contributed by atoms with E-state index < -0.39 is 0 Å². The van der Waals surface area contributed by atoms with Crippen molar-refractivity contribution < 1.29 is 9.59 Å². The first kappa shape index (κ1) is 16.8. The Morgan fingerprint density at radius 3 is 1.36 bits per heavy atom. The van der Waals surface area contributed by atoms with Crippen molar-refractivity contribution in [2.75, 3.05) is 11.5 Å². The topological polar surface area (TPSA) is 34.1 Å².